The minimum atomic E-state index is -1.31. The molecule has 0 atom stereocenters. The number of hydrogen-bond acceptors (Lipinski definition) is 5. The van der Waals surface area contributed by atoms with Crippen LogP contribution >= 0.6 is 0 Å². The molecule has 2 aromatic rings. The maximum absolute atomic E-state index is 11.8. The second-order valence-electron chi connectivity index (χ2n) is 4.10. The van der Waals surface area contributed by atoms with Gasteiger partial charge in [-0.3, -0.25) is 14.4 Å². The van der Waals surface area contributed by atoms with Crippen molar-refractivity contribution in [2.45, 2.75) is 5.92 Å². The first-order valence-electron chi connectivity index (χ1n) is 5.85. The van der Waals surface area contributed by atoms with Gasteiger partial charge in [-0.25, -0.2) is 0 Å². The van der Waals surface area contributed by atoms with Crippen molar-refractivity contribution in [2.75, 3.05) is 14.2 Å². The molecule has 6 nitrogen and oxygen atoms in total. The molecule has 1 heterocycles. The molecule has 0 spiro atoms. The predicted octanol–water partition coefficient (Wildman–Crippen LogP) is 1.41. The number of fused-ring (bicyclic) bond motifs is 1. The fourth-order valence-corrected chi connectivity index (χ4v) is 2.11. The Morgan fingerprint density at radius 2 is 1.75 bits per heavy atom. The largest absolute Gasteiger partial charge is 0.468 e. The number of carbonyl (C=O) groups excluding carboxylic acids is 3. The zero-order chi connectivity index (χ0) is 14.7. The van der Waals surface area contributed by atoms with E-state index in [1.165, 1.54) is 14.2 Å². The molecule has 0 aliphatic heterocycles. The molecule has 0 aliphatic rings. The number of aromatic amines is 1. The van der Waals surface area contributed by atoms with Crippen LogP contribution in [0.25, 0.3) is 10.9 Å². The third-order valence-corrected chi connectivity index (χ3v) is 3.06. The maximum Gasteiger partial charge on any atom is 0.326 e. The van der Waals surface area contributed by atoms with E-state index >= 15 is 0 Å². The second kappa shape index (κ2) is 5.56. The smallest absolute Gasteiger partial charge is 0.326 e. The van der Waals surface area contributed by atoms with Crippen LogP contribution in [0.5, 0.6) is 0 Å². The minimum Gasteiger partial charge on any atom is -0.468 e. The average Bonchev–Trinajstić information content (AvgIpc) is 2.84. The minimum absolute atomic E-state index is 0.180. The molecule has 0 saturated carbocycles. The lowest BCUT2D eigenvalue weighted by Gasteiger charge is -2.11. The fourth-order valence-electron chi connectivity index (χ4n) is 2.11. The van der Waals surface area contributed by atoms with E-state index in [0.29, 0.717) is 17.2 Å². The Balaban J connectivity index is 2.67. The molecule has 0 unspecified atom stereocenters. The van der Waals surface area contributed by atoms with Crippen LogP contribution in [-0.4, -0.2) is 37.4 Å². The van der Waals surface area contributed by atoms with Crippen LogP contribution in [0.2, 0.25) is 0 Å². The Morgan fingerprint density at radius 3 is 2.30 bits per heavy atom. The van der Waals surface area contributed by atoms with E-state index in [2.05, 4.69) is 14.5 Å². The average molecular weight is 275 g/mol. The molecule has 20 heavy (non-hydrogen) atoms. The molecule has 6 heteroatoms. The van der Waals surface area contributed by atoms with Gasteiger partial charge in [0.2, 0.25) is 0 Å². The van der Waals surface area contributed by atoms with E-state index < -0.39 is 17.9 Å². The van der Waals surface area contributed by atoms with Crippen molar-refractivity contribution in [3.05, 3.63) is 35.5 Å². The fraction of sp³-hybridized carbons (Fsp3) is 0.214. The summed E-state index contributed by atoms with van der Waals surface area (Å²) in [7, 11) is 2.34. The van der Waals surface area contributed by atoms with E-state index in [-0.39, 0.29) is 11.3 Å². The highest BCUT2D eigenvalue weighted by molar-refractivity contribution is 6.06. The van der Waals surface area contributed by atoms with E-state index in [1.54, 1.807) is 24.3 Å². The summed E-state index contributed by atoms with van der Waals surface area (Å²) in [6.07, 6.45) is 0.604. The van der Waals surface area contributed by atoms with Crippen molar-refractivity contribution in [2.24, 2.45) is 0 Å². The second-order valence-corrected chi connectivity index (χ2v) is 4.10. The van der Waals surface area contributed by atoms with E-state index in [0.717, 1.165) is 0 Å². The van der Waals surface area contributed by atoms with Crippen molar-refractivity contribution in [1.82, 2.24) is 4.98 Å². The number of esters is 2. The van der Waals surface area contributed by atoms with Gasteiger partial charge in [-0.05, 0) is 6.07 Å². The van der Waals surface area contributed by atoms with Gasteiger partial charge in [0.1, 0.15) is 0 Å². The summed E-state index contributed by atoms with van der Waals surface area (Å²) < 4.78 is 9.22. The van der Waals surface area contributed by atoms with E-state index in [4.69, 9.17) is 0 Å². The molecule has 1 N–H and O–H groups in total. The highest BCUT2D eigenvalue weighted by Gasteiger charge is 2.34. The lowest BCUT2D eigenvalue weighted by molar-refractivity contribution is -0.154. The molecule has 0 amide bonds. The number of ether oxygens (including phenoxy) is 2. The SMILES string of the molecule is COC(=O)C(C(=O)OC)c1[nH]c2ccccc2c1C=O. The number of benzene rings is 1. The third-order valence-electron chi connectivity index (χ3n) is 3.06. The first kappa shape index (κ1) is 13.8. The molecular formula is C14H13NO5. The molecule has 0 fully saturated rings. The van der Waals surface area contributed by atoms with Crippen LogP contribution in [-0.2, 0) is 19.1 Å². The summed E-state index contributed by atoms with van der Waals surface area (Å²) in [6.45, 7) is 0. The summed E-state index contributed by atoms with van der Waals surface area (Å²) in [5, 5.41) is 0.635. The predicted molar refractivity (Wildman–Crippen MR) is 70.5 cm³/mol. The van der Waals surface area contributed by atoms with Gasteiger partial charge in [0.25, 0.3) is 0 Å². The van der Waals surface area contributed by atoms with Crippen molar-refractivity contribution in [1.29, 1.82) is 0 Å². The number of hydrogen-bond donors (Lipinski definition) is 1. The van der Waals surface area contributed by atoms with Crippen molar-refractivity contribution >= 4 is 29.1 Å². The van der Waals surface area contributed by atoms with Gasteiger partial charge < -0.3 is 14.5 Å². The molecule has 0 aliphatic carbocycles. The van der Waals surface area contributed by atoms with E-state index in [1.807, 2.05) is 0 Å². The summed E-state index contributed by atoms with van der Waals surface area (Å²) in [6, 6.07) is 7.02. The molecular weight excluding hydrogens is 262 g/mol. The van der Waals surface area contributed by atoms with Crippen LogP contribution in [0.3, 0.4) is 0 Å². The number of para-hydroxylation sites is 1. The highest BCUT2D eigenvalue weighted by atomic mass is 16.5. The van der Waals surface area contributed by atoms with Crippen LogP contribution < -0.4 is 0 Å². The molecule has 2 rings (SSSR count). The number of methoxy groups -OCH3 is 2. The van der Waals surface area contributed by atoms with Gasteiger partial charge in [0, 0.05) is 16.5 Å². The van der Waals surface area contributed by atoms with Gasteiger partial charge in [-0.15, -0.1) is 0 Å². The number of H-pyrrole nitrogens is 1. The summed E-state index contributed by atoms with van der Waals surface area (Å²) in [4.78, 5) is 37.8. The molecule has 0 radical (unpaired) electrons. The normalized spacial score (nSPS) is 10.6. The molecule has 104 valence electrons. The zero-order valence-electron chi connectivity index (χ0n) is 11.0. The Morgan fingerprint density at radius 1 is 1.15 bits per heavy atom. The first-order valence-corrected chi connectivity index (χ1v) is 5.85. The quantitative estimate of drug-likeness (QED) is 0.518. The Labute approximate surface area is 114 Å². The van der Waals surface area contributed by atoms with Gasteiger partial charge in [-0.2, -0.15) is 0 Å². The molecule has 0 bridgehead atoms. The van der Waals surface area contributed by atoms with Gasteiger partial charge in [0.05, 0.1) is 19.9 Å². The van der Waals surface area contributed by atoms with Gasteiger partial charge >= 0.3 is 11.9 Å². The van der Waals surface area contributed by atoms with Crippen LogP contribution in [0.1, 0.15) is 22.0 Å². The van der Waals surface area contributed by atoms with Crippen molar-refractivity contribution in [3.63, 3.8) is 0 Å². The number of aldehydes is 1. The Bertz CT molecular complexity index is 657. The number of aromatic nitrogens is 1. The first-order chi connectivity index (χ1) is 9.63. The standard InChI is InChI=1S/C14H13NO5/c1-19-13(17)11(14(18)20-2)12-9(7-16)8-5-3-4-6-10(8)15-12/h3-7,11,15H,1-2H3. The summed E-state index contributed by atoms with van der Waals surface area (Å²) in [5.74, 6) is -2.88. The number of nitrogens with one attached hydrogen (secondary N) is 1. The van der Waals surface area contributed by atoms with Crippen LogP contribution in [0.4, 0.5) is 0 Å². The molecule has 1 aromatic heterocycles. The highest BCUT2D eigenvalue weighted by Crippen LogP contribution is 2.28. The van der Waals surface area contributed by atoms with Crippen molar-refractivity contribution < 1.29 is 23.9 Å². The van der Waals surface area contributed by atoms with Crippen LogP contribution in [0.15, 0.2) is 24.3 Å². The molecule has 1 aromatic carbocycles. The third kappa shape index (κ3) is 2.16. The lowest BCUT2D eigenvalue weighted by Crippen LogP contribution is -2.25. The van der Waals surface area contributed by atoms with Crippen molar-refractivity contribution in [3.8, 4) is 0 Å². The Hall–Kier alpha value is -2.63. The lowest BCUT2D eigenvalue weighted by atomic mass is 10.0. The zero-order valence-corrected chi connectivity index (χ0v) is 11.0. The maximum atomic E-state index is 11.8. The molecule has 0 saturated heterocycles. The number of rotatable bonds is 4. The monoisotopic (exact) mass is 275 g/mol. The van der Waals surface area contributed by atoms with E-state index in [9.17, 15) is 14.4 Å². The number of carbonyl (C=O) groups is 3. The summed E-state index contributed by atoms with van der Waals surface area (Å²) in [5.41, 5.74) is 1.09. The van der Waals surface area contributed by atoms with Crippen LogP contribution in [0, 0.1) is 0 Å². The van der Waals surface area contributed by atoms with Gasteiger partial charge in [0.15, 0.2) is 12.2 Å². The van der Waals surface area contributed by atoms with Gasteiger partial charge in [-0.1, -0.05) is 18.2 Å². The summed E-state index contributed by atoms with van der Waals surface area (Å²) >= 11 is 0. The Kier molecular flexibility index (Phi) is 3.84. The topological polar surface area (TPSA) is 85.5 Å².